The number of carbonyl (C=O) groups excluding carboxylic acids is 2. The molecule has 0 saturated heterocycles. The Morgan fingerprint density at radius 3 is 2.38 bits per heavy atom. The van der Waals surface area contributed by atoms with Crippen LogP contribution in [0.1, 0.15) is 16.1 Å². The molecule has 0 bridgehead atoms. The topological polar surface area (TPSA) is 73.2 Å². The molecule has 1 N–H and O–H groups in total. The van der Waals surface area contributed by atoms with Crippen molar-refractivity contribution in [2.75, 3.05) is 11.9 Å². The lowest BCUT2D eigenvalue weighted by molar-refractivity contribution is -0.137. The second-order valence-electron chi connectivity index (χ2n) is 5.80. The Morgan fingerprint density at radius 1 is 1.03 bits per heavy atom. The minimum atomic E-state index is -4.48. The Kier molecular flexibility index (Phi) is 5.62. The number of ether oxygens (including phenoxy) is 1. The van der Waals surface area contributed by atoms with Crippen LogP contribution in [0.5, 0.6) is 0 Å². The zero-order valence-electron chi connectivity index (χ0n) is 14.6. The molecule has 2 aromatic carbocycles. The van der Waals surface area contributed by atoms with E-state index in [1.54, 1.807) is 6.07 Å². The quantitative estimate of drug-likeness (QED) is 0.516. The predicted molar refractivity (Wildman–Crippen MR) is 93.9 cm³/mol. The van der Waals surface area contributed by atoms with Crippen LogP contribution in [0, 0.1) is 5.82 Å². The number of hydrogen-bond acceptors (Lipinski definition) is 4. The number of alkyl halides is 3. The number of benzene rings is 2. The van der Waals surface area contributed by atoms with Crippen LogP contribution >= 0.6 is 0 Å². The molecule has 0 aliphatic rings. The van der Waals surface area contributed by atoms with Gasteiger partial charge in [-0.3, -0.25) is 4.79 Å². The van der Waals surface area contributed by atoms with Crippen molar-refractivity contribution < 1.29 is 31.9 Å². The maximum absolute atomic E-state index is 13.7. The number of hydrogen-bond donors (Lipinski definition) is 1. The van der Waals surface area contributed by atoms with Gasteiger partial charge in [0.2, 0.25) is 0 Å². The summed E-state index contributed by atoms with van der Waals surface area (Å²) >= 11 is 0. The molecule has 10 heteroatoms. The molecule has 0 saturated carbocycles. The normalized spacial score (nSPS) is 11.2. The van der Waals surface area contributed by atoms with E-state index in [1.807, 2.05) is 0 Å². The summed E-state index contributed by atoms with van der Waals surface area (Å²) < 4.78 is 57.2. The van der Waals surface area contributed by atoms with E-state index in [2.05, 4.69) is 10.4 Å². The molecule has 29 heavy (non-hydrogen) atoms. The molecule has 1 heterocycles. The molecule has 1 aromatic heterocycles. The van der Waals surface area contributed by atoms with Gasteiger partial charge in [-0.1, -0.05) is 12.1 Å². The number of nitrogens with one attached hydrogen (secondary N) is 1. The van der Waals surface area contributed by atoms with Crippen LogP contribution in [0.25, 0.3) is 5.69 Å². The van der Waals surface area contributed by atoms with Crippen molar-refractivity contribution in [2.45, 2.75) is 6.18 Å². The fraction of sp³-hybridized carbons (Fsp3) is 0.105. The van der Waals surface area contributed by atoms with Crippen molar-refractivity contribution in [3.63, 3.8) is 0 Å². The zero-order valence-corrected chi connectivity index (χ0v) is 14.6. The lowest BCUT2D eigenvalue weighted by Crippen LogP contribution is -2.21. The fourth-order valence-corrected chi connectivity index (χ4v) is 2.35. The molecule has 0 spiro atoms. The van der Waals surface area contributed by atoms with Gasteiger partial charge in [0.1, 0.15) is 11.5 Å². The molecular formula is C19H13F4N3O3. The van der Waals surface area contributed by atoms with Gasteiger partial charge in [-0.2, -0.15) is 18.3 Å². The largest absolute Gasteiger partial charge is 0.451 e. The van der Waals surface area contributed by atoms with Crippen LogP contribution in [-0.4, -0.2) is 28.3 Å². The standard InChI is InChI=1S/C19H13F4N3O3/c20-14-3-1-2-4-16(14)26-10-9-15(25-26)18(28)29-11-17(27)24-13-7-5-12(6-8-13)19(21,22)23/h1-10H,11H2,(H,24,27). The van der Waals surface area contributed by atoms with Crippen LogP contribution < -0.4 is 5.32 Å². The first kappa shape index (κ1) is 20.1. The van der Waals surface area contributed by atoms with E-state index >= 15 is 0 Å². The van der Waals surface area contributed by atoms with Gasteiger partial charge < -0.3 is 10.1 Å². The third-order valence-electron chi connectivity index (χ3n) is 3.73. The molecule has 3 aromatic rings. The van der Waals surface area contributed by atoms with E-state index in [0.29, 0.717) is 0 Å². The molecule has 6 nitrogen and oxygen atoms in total. The highest BCUT2D eigenvalue weighted by molar-refractivity contribution is 5.94. The summed E-state index contributed by atoms with van der Waals surface area (Å²) in [5, 5.41) is 6.21. The monoisotopic (exact) mass is 407 g/mol. The van der Waals surface area contributed by atoms with Crippen molar-refractivity contribution in [1.29, 1.82) is 0 Å². The van der Waals surface area contributed by atoms with Gasteiger partial charge in [0.25, 0.3) is 5.91 Å². The fourth-order valence-electron chi connectivity index (χ4n) is 2.35. The Morgan fingerprint density at radius 2 is 1.72 bits per heavy atom. The summed E-state index contributed by atoms with van der Waals surface area (Å²) in [6.07, 6.45) is -3.12. The lowest BCUT2D eigenvalue weighted by atomic mass is 10.2. The highest BCUT2D eigenvalue weighted by Gasteiger charge is 2.30. The van der Waals surface area contributed by atoms with Gasteiger partial charge in [-0.25, -0.2) is 13.9 Å². The van der Waals surface area contributed by atoms with E-state index in [9.17, 15) is 27.2 Å². The highest BCUT2D eigenvalue weighted by Crippen LogP contribution is 2.29. The van der Waals surface area contributed by atoms with Crippen molar-refractivity contribution in [3.05, 3.63) is 77.9 Å². The second kappa shape index (κ2) is 8.13. The number of para-hydroxylation sites is 1. The van der Waals surface area contributed by atoms with Crippen molar-refractivity contribution >= 4 is 17.6 Å². The zero-order chi connectivity index (χ0) is 21.0. The van der Waals surface area contributed by atoms with Gasteiger partial charge in [0.05, 0.1) is 5.56 Å². The Balaban J connectivity index is 1.55. The number of esters is 1. The van der Waals surface area contributed by atoms with E-state index in [0.717, 1.165) is 28.9 Å². The molecule has 0 aliphatic heterocycles. The van der Waals surface area contributed by atoms with E-state index in [1.165, 1.54) is 30.5 Å². The molecule has 150 valence electrons. The number of carbonyl (C=O) groups is 2. The van der Waals surface area contributed by atoms with E-state index < -0.39 is 36.0 Å². The molecule has 0 radical (unpaired) electrons. The number of nitrogens with zero attached hydrogens (tertiary/aromatic N) is 2. The van der Waals surface area contributed by atoms with Crippen molar-refractivity contribution in [1.82, 2.24) is 9.78 Å². The minimum Gasteiger partial charge on any atom is -0.451 e. The molecule has 0 unspecified atom stereocenters. The number of anilines is 1. The van der Waals surface area contributed by atoms with Crippen LogP contribution in [0.2, 0.25) is 0 Å². The molecule has 0 aliphatic carbocycles. The van der Waals surface area contributed by atoms with Gasteiger partial charge in [0, 0.05) is 11.9 Å². The van der Waals surface area contributed by atoms with Crippen molar-refractivity contribution in [3.8, 4) is 5.69 Å². The lowest BCUT2D eigenvalue weighted by Gasteiger charge is -2.09. The van der Waals surface area contributed by atoms with Crippen LogP contribution in [0.3, 0.4) is 0 Å². The van der Waals surface area contributed by atoms with Gasteiger partial charge >= 0.3 is 12.1 Å². The molecule has 0 fully saturated rings. The number of aromatic nitrogens is 2. The van der Waals surface area contributed by atoms with Gasteiger partial charge in [0.15, 0.2) is 12.3 Å². The summed E-state index contributed by atoms with van der Waals surface area (Å²) in [6.45, 7) is -0.674. The van der Waals surface area contributed by atoms with Crippen LogP contribution in [0.4, 0.5) is 23.2 Å². The Labute approximate surface area is 161 Å². The van der Waals surface area contributed by atoms with E-state index in [4.69, 9.17) is 4.74 Å². The Bertz CT molecular complexity index is 1030. The predicted octanol–water partition coefficient (Wildman–Crippen LogP) is 3.83. The second-order valence-corrected chi connectivity index (χ2v) is 5.80. The molecule has 3 rings (SSSR count). The SMILES string of the molecule is O=C(COC(=O)c1ccn(-c2ccccc2F)n1)Nc1ccc(C(F)(F)F)cc1. The first-order valence-electron chi connectivity index (χ1n) is 8.19. The third kappa shape index (κ3) is 4.98. The number of amides is 1. The first-order valence-corrected chi connectivity index (χ1v) is 8.19. The summed E-state index contributed by atoms with van der Waals surface area (Å²) in [6, 6.07) is 10.9. The van der Waals surface area contributed by atoms with Crippen molar-refractivity contribution in [2.24, 2.45) is 0 Å². The minimum absolute atomic E-state index is 0.114. The molecule has 0 atom stereocenters. The van der Waals surface area contributed by atoms with Crippen LogP contribution in [0.15, 0.2) is 60.8 Å². The first-order chi connectivity index (χ1) is 13.7. The van der Waals surface area contributed by atoms with Gasteiger partial charge in [-0.05, 0) is 42.5 Å². The number of halogens is 4. The smallest absolute Gasteiger partial charge is 0.416 e. The average Bonchev–Trinajstić information content (AvgIpc) is 3.16. The van der Waals surface area contributed by atoms with Gasteiger partial charge in [-0.15, -0.1) is 0 Å². The average molecular weight is 407 g/mol. The summed E-state index contributed by atoms with van der Waals surface area (Å²) in [4.78, 5) is 23.8. The third-order valence-corrected chi connectivity index (χ3v) is 3.73. The maximum Gasteiger partial charge on any atom is 0.416 e. The number of rotatable bonds is 5. The van der Waals surface area contributed by atoms with Crippen LogP contribution in [-0.2, 0) is 15.7 Å². The molecule has 1 amide bonds. The molecular weight excluding hydrogens is 394 g/mol. The highest BCUT2D eigenvalue weighted by atomic mass is 19.4. The van der Waals surface area contributed by atoms with E-state index in [-0.39, 0.29) is 17.1 Å². The summed E-state index contributed by atoms with van der Waals surface area (Å²) in [7, 11) is 0. The summed E-state index contributed by atoms with van der Waals surface area (Å²) in [5.74, 6) is -2.19. The summed E-state index contributed by atoms with van der Waals surface area (Å²) in [5.41, 5.74) is -0.752. The Hall–Kier alpha value is -3.69. The maximum atomic E-state index is 13.7.